The Hall–Kier alpha value is -0.0800. The Morgan fingerprint density at radius 2 is 1.87 bits per heavy atom. The summed E-state index contributed by atoms with van der Waals surface area (Å²) in [5, 5.41) is 0. The molecular weight excluding hydrogens is 184 g/mol. The molecule has 0 amide bonds. The van der Waals surface area contributed by atoms with Crippen LogP contribution in [0.1, 0.15) is 52.9 Å². The third-order valence-corrected chi connectivity index (χ3v) is 4.08. The molecule has 0 aromatic heterocycles. The molecule has 1 aliphatic heterocycles. The summed E-state index contributed by atoms with van der Waals surface area (Å²) >= 11 is 0. The maximum absolute atomic E-state index is 5.75. The first-order valence-electron chi connectivity index (χ1n) is 6.64. The van der Waals surface area contributed by atoms with Crippen molar-refractivity contribution < 1.29 is 0 Å². The average molecular weight is 212 g/mol. The van der Waals surface area contributed by atoms with Gasteiger partial charge in [-0.25, -0.2) is 0 Å². The summed E-state index contributed by atoms with van der Waals surface area (Å²) in [4.78, 5) is 2.68. The Morgan fingerprint density at radius 1 is 1.27 bits per heavy atom. The van der Waals surface area contributed by atoms with Crippen LogP contribution < -0.4 is 5.73 Å². The first kappa shape index (κ1) is 13.0. The van der Waals surface area contributed by atoms with Crippen LogP contribution in [0.4, 0.5) is 0 Å². The van der Waals surface area contributed by atoms with E-state index in [2.05, 4.69) is 25.7 Å². The van der Waals surface area contributed by atoms with Gasteiger partial charge in [-0.2, -0.15) is 0 Å². The van der Waals surface area contributed by atoms with Crippen molar-refractivity contribution in [2.75, 3.05) is 13.1 Å². The summed E-state index contributed by atoms with van der Waals surface area (Å²) in [5.41, 5.74) is 5.75. The van der Waals surface area contributed by atoms with Crippen LogP contribution in [0, 0.1) is 5.92 Å². The smallest absolute Gasteiger partial charge is 0.00697 e. The zero-order chi connectivity index (χ0) is 11.3. The average Bonchev–Trinajstić information content (AvgIpc) is 2.23. The van der Waals surface area contributed by atoms with E-state index in [0.29, 0.717) is 0 Å². The lowest BCUT2D eigenvalue weighted by molar-refractivity contribution is 0.0960. The summed E-state index contributed by atoms with van der Waals surface area (Å²) in [5.74, 6) is 0.728. The van der Waals surface area contributed by atoms with Gasteiger partial charge in [-0.15, -0.1) is 0 Å². The minimum atomic E-state index is 0.728. The zero-order valence-corrected chi connectivity index (χ0v) is 10.7. The molecule has 15 heavy (non-hydrogen) atoms. The third kappa shape index (κ3) is 3.76. The van der Waals surface area contributed by atoms with Gasteiger partial charge in [0.15, 0.2) is 0 Å². The van der Waals surface area contributed by atoms with Gasteiger partial charge in [0, 0.05) is 12.1 Å². The van der Waals surface area contributed by atoms with Crippen LogP contribution >= 0.6 is 0 Å². The molecule has 3 atom stereocenters. The van der Waals surface area contributed by atoms with E-state index in [4.69, 9.17) is 5.73 Å². The lowest BCUT2D eigenvalue weighted by Gasteiger charge is -2.39. The molecule has 1 rings (SSSR count). The SMILES string of the molecule is CCC(CN)CCN1[C@H](C)CCC[C@@H]1C. The summed E-state index contributed by atoms with van der Waals surface area (Å²) in [7, 11) is 0. The molecule has 0 bridgehead atoms. The van der Waals surface area contributed by atoms with E-state index in [1.807, 2.05) is 0 Å². The van der Waals surface area contributed by atoms with Crippen LogP contribution in [0.5, 0.6) is 0 Å². The number of rotatable bonds is 5. The Morgan fingerprint density at radius 3 is 2.33 bits per heavy atom. The number of hydrogen-bond acceptors (Lipinski definition) is 2. The molecule has 0 aromatic rings. The molecule has 2 nitrogen and oxygen atoms in total. The van der Waals surface area contributed by atoms with Gasteiger partial charge in [-0.1, -0.05) is 19.8 Å². The molecule has 1 saturated heterocycles. The molecular formula is C13H28N2. The molecule has 2 N–H and O–H groups in total. The summed E-state index contributed by atoms with van der Waals surface area (Å²) in [6.07, 6.45) is 6.68. The fourth-order valence-corrected chi connectivity index (χ4v) is 2.74. The zero-order valence-electron chi connectivity index (χ0n) is 10.7. The van der Waals surface area contributed by atoms with Crippen molar-refractivity contribution in [3.05, 3.63) is 0 Å². The van der Waals surface area contributed by atoms with E-state index in [1.165, 1.54) is 38.6 Å². The van der Waals surface area contributed by atoms with Gasteiger partial charge >= 0.3 is 0 Å². The van der Waals surface area contributed by atoms with Crippen molar-refractivity contribution in [3.63, 3.8) is 0 Å². The second-order valence-corrected chi connectivity index (χ2v) is 5.17. The predicted octanol–water partition coefficient (Wildman–Crippen LogP) is 2.62. The predicted molar refractivity (Wildman–Crippen MR) is 66.9 cm³/mol. The van der Waals surface area contributed by atoms with Crippen molar-refractivity contribution in [1.82, 2.24) is 4.90 Å². The largest absolute Gasteiger partial charge is 0.330 e. The van der Waals surface area contributed by atoms with Crippen LogP contribution in [0.2, 0.25) is 0 Å². The molecule has 1 unspecified atom stereocenters. The van der Waals surface area contributed by atoms with Gasteiger partial charge in [-0.3, -0.25) is 4.90 Å². The molecule has 0 aromatic carbocycles. The van der Waals surface area contributed by atoms with E-state index < -0.39 is 0 Å². The minimum Gasteiger partial charge on any atom is -0.330 e. The first-order chi connectivity index (χ1) is 7.19. The van der Waals surface area contributed by atoms with Crippen LogP contribution in [0.3, 0.4) is 0 Å². The molecule has 1 fully saturated rings. The molecule has 90 valence electrons. The number of nitrogens with two attached hydrogens (primary N) is 1. The topological polar surface area (TPSA) is 29.3 Å². The van der Waals surface area contributed by atoms with Gasteiger partial charge < -0.3 is 5.73 Å². The van der Waals surface area contributed by atoms with Crippen molar-refractivity contribution >= 4 is 0 Å². The van der Waals surface area contributed by atoms with E-state index in [-0.39, 0.29) is 0 Å². The molecule has 1 heterocycles. The lowest BCUT2D eigenvalue weighted by Crippen LogP contribution is -2.44. The number of likely N-dealkylation sites (tertiary alicyclic amines) is 1. The Bertz CT molecular complexity index is 156. The first-order valence-corrected chi connectivity index (χ1v) is 6.64. The molecule has 0 saturated carbocycles. The summed E-state index contributed by atoms with van der Waals surface area (Å²) < 4.78 is 0. The van der Waals surface area contributed by atoms with E-state index in [1.54, 1.807) is 0 Å². The fraction of sp³-hybridized carbons (Fsp3) is 1.00. The third-order valence-electron chi connectivity index (χ3n) is 4.08. The number of nitrogens with zero attached hydrogens (tertiary/aromatic N) is 1. The molecule has 0 spiro atoms. The van der Waals surface area contributed by atoms with E-state index in [0.717, 1.165) is 24.5 Å². The maximum Gasteiger partial charge on any atom is 0.00697 e. The van der Waals surface area contributed by atoms with E-state index in [9.17, 15) is 0 Å². The second kappa shape index (κ2) is 6.49. The summed E-state index contributed by atoms with van der Waals surface area (Å²) in [6.45, 7) is 9.10. The van der Waals surface area contributed by atoms with Gasteiger partial charge in [0.05, 0.1) is 0 Å². The Balaban J connectivity index is 2.34. The van der Waals surface area contributed by atoms with Crippen molar-refractivity contribution in [3.8, 4) is 0 Å². The minimum absolute atomic E-state index is 0.728. The number of piperidine rings is 1. The highest BCUT2D eigenvalue weighted by Gasteiger charge is 2.24. The molecule has 1 aliphatic rings. The maximum atomic E-state index is 5.75. The highest BCUT2D eigenvalue weighted by molar-refractivity contribution is 4.79. The monoisotopic (exact) mass is 212 g/mol. The van der Waals surface area contributed by atoms with Crippen molar-refractivity contribution in [2.24, 2.45) is 11.7 Å². The van der Waals surface area contributed by atoms with Gasteiger partial charge in [0.25, 0.3) is 0 Å². The number of hydrogen-bond donors (Lipinski definition) is 1. The highest BCUT2D eigenvalue weighted by atomic mass is 15.2. The standard InChI is InChI=1S/C13H28N2/c1-4-13(10-14)8-9-15-11(2)6-5-7-12(15)3/h11-13H,4-10,14H2,1-3H3/t11-,12+,13?. The molecule has 0 radical (unpaired) electrons. The lowest BCUT2D eigenvalue weighted by atomic mass is 9.95. The fourth-order valence-electron chi connectivity index (χ4n) is 2.74. The summed E-state index contributed by atoms with van der Waals surface area (Å²) in [6, 6.07) is 1.56. The van der Waals surface area contributed by atoms with E-state index >= 15 is 0 Å². The quantitative estimate of drug-likeness (QED) is 0.759. The normalized spacial score (nSPS) is 30.4. The molecule has 0 aliphatic carbocycles. The van der Waals surface area contributed by atoms with Crippen LogP contribution in [0.25, 0.3) is 0 Å². The van der Waals surface area contributed by atoms with Gasteiger partial charge in [-0.05, 0) is 52.1 Å². The Labute approximate surface area is 95.2 Å². The van der Waals surface area contributed by atoms with Gasteiger partial charge in [0.2, 0.25) is 0 Å². The second-order valence-electron chi connectivity index (χ2n) is 5.17. The highest BCUT2D eigenvalue weighted by Crippen LogP contribution is 2.23. The van der Waals surface area contributed by atoms with Crippen LogP contribution in [-0.2, 0) is 0 Å². The van der Waals surface area contributed by atoms with Crippen LogP contribution in [-0.4, -0.2) is 30.1 Å². The molecule has 2 heteroatoms. The van der Waals surface area contributed by atoms with Gasteiger partial charge in [0.1, 0.15) is 0 Å². The van der Waals surface area contributed by atoms with Crippen LogP contribution in [0.15, 0.2) is 0 Å². The van der Waals surface area contributed by atoms with Crippen molar-refractivity contribution in [2.45, 2.75) is 65.0 Å². The Kier molecular flexibility index (Phi) is 5.62. The van der Waals surface area contributed by atoms with Crippen molar-refractivity contribution in [1.29, 1.82) is 0 Å².